The van der Waals surface area contributed by atoms with Crippen LogP contribution in [0.25, 0.3) is 0 Å². The predicted octanol–water partition coefficient (Wildman–Crippen LogP) is 3.93. The molecule has 0 amide bonds. The number of likely N-dealkylation sites (tertiary alicyclic amines) is 1. The zero-order valence-corrected chi connectivity index (χ0v) is 11.5. The van der Waals surface area contributed by atoms with Gasteiger partial charge < -0.3 is 4.90 Å². The highest BCUT2D eigenvalue weighted by Crippen LogP contribution is 2.45. The van der Waals surface area contributed by atoms with Crippen molar-refractivity contribution >= 4 is 0 Å². The van der Waals surface area contributed by atoms with E-state index in [1.54, 1.807) is 12.8 Å². The standard InChI is InChI=1S/C16H29N/c1-17-11-13-7-3-2-4-9-15(13)16-10-6-5-8-14(16)12-17/h13-16H,2-12H2,1H3/t13-,14+,15?,16+/m0/s1. The normalized spacial score (nSPS) is 44.3. The van der Waals surface area contributed by atoms with E-state index >= 15 is 0 Å². The Morgan fingerprint density at radius 3 is 1.76 bits per heavy atom. The van der Waals surface area contributed by atoms with Crippen molar-refractivity contribution in [3.8, 4) is 0 Å². The van der Waals surface area contributed by atoms with Gasteiger partial charge in [-0.1, -0.05) is 32.1 Å². The average molecular weight is 235 g/mol. The second-order valence-electron chi connectivity index (χ2n) is 6.99. The molecule has 3 aliphatic rings. The van der Waals surface area contributed by atoms with Crippen LogP contribution in [-0.4, -0.2) is 25.0 Å². The summed E-state index contributed by atoms with van der Waals surface area (Å²) in [5, 5.41) is 0. The zero-order valence-electron chi connectivity index (χ0n) is 11.5. The van der Waals surface area contributed by atoms with E-state index in [-0.39, 0.29) is 0 Å². The molecule has 17 heavy (non-hydrogen) atoms. The molecular weight excluding hydrogens is 206 g/mol. The minimum absolute atomic E-state index is 1.04. The number of nitrogens with zero attached hydrogens (tertiary/aromatic N) is 1. The molecule has 4 atom stereocenters. The molecule has 0 aromatic heterocycles. The molecule has 1 aliphatic heterocycles. The van der Waals surface area contributed by atoms with Crippen molar-refractivity contribution in [1.82, 2.24) is 4.90 Å². The summed E-state index contributed by atoms with van der Waals surface area (Å²) in [6, 6.07) is 0. The van der Waals surface area contributed by atoms with E-state index in [2.05, 4.69) is 11.9 Å². The van der Waals surface area contributed by atoms with Crippen molar-refractivity contribution in [2.75, 3.05) is 20.1 Å². The molecule has 1 heterocycles. The molecule has 2 saturated carbocycles. The van der Waals surface area contributed by atoms with Gasteiger partial charge >= 0.3 is 0 Å². The van der Waals surface area contributed by atoms with Crippen LogP contribution in [0.15, 0.2) is 0 Å². The molecular formula is C16H29N. The summed E-state index contributed by atoms with van der Waals surface area (Å²) in [5.74, 6) is 4.27. The number of fused-ring (bicyclic) bond motifs is 3. The SMILES string of the molecule is CN1C[C@@H]2CCCCCC2[C@@H]2CCCC[C@@H]2C1. The topological polar surface area (TPSA) is 3.24 Å². The van der Waals surface area contributed by atoms with Gasteiger partial charge in [0, 0.05) is 13.1 Å². The fraction of sp³-hybridized carbons (Fsp3) is 1.00. The van der Waals surface area contributed by atoms with Crippen LogP contribution < -0.4 is 0 Å². The van der Waals surface area contributed by atoms with Gasteiger partial charge in [-0.15, -0.1) is 0 Å². The van der Waals surface area contributed by atoms with Crippen molar-refractivity contribution in [3.05, 3.63) is 0 Å². The first-order chi connectivity index (χ1) is 8.34. The highest BCUT2D eigenvalue weighted by molar-refractivity contribution is 4.90. The Morgan fingerprint density at radius 1 is 0.647 bits per heavy atom. The third-order valence-corrected chi connectivity index (χ3v) is 5.83. The van der Waals surface area contributed by atoms with Gasteiger partial charge in [-0.05, 0) is 56.4 Å². The molecule has 1 nitrogen and oxygen atoms in total. The first-order valence-corrected chi connectivity index (χ1v) is 8.03. The highest BCUT2D eigenvalue weighted by atomic mass is 15.1. The van der Waals surface area contributed by atoms with E-state index in [1.165, 1.54) is 58.0 Å². The maximum absolute atomic E-state index is 2.67. The molecule has 1 heteroatoms. The number of hydrogen-bond donors (Lipinski definition) is 0. The van der Waals surface area contributed by atoms with Gasteiger partial charge in [0.1, 0.15) is 0 Å². The Bertz CT molecular complexity index is 250. The molecule has 0 aromatic rings. The van der Waals surface area contributed by atoms with Gasteiger partial charge in [0.15, 0.2) is 0 Å². The van der Waals surface area contributed by atoms with Crippen LogP contribution in [-0.2, 0) is 0 Å². The van der Waals surface area contributed by atoms with Crippen LogP contribution in [0, 0.1) is 23.7 Å². The fourth-order valence-corrected chi connectivity index (χ4v) is 5.11. The summed E-state index contributed by atoms with van der Waals surface area (Å²) in [5.41, 5.74) is 0. The summed E-state index contributed by atoms with van der Waals surface area (Å²) in [4.78, 5) is 2.67. The lowest BCUT2D eigenvalue weighted by Gasteiger charge is -2.37. The quantitative estimate of drug-likeness (QED) is 0.615. The van der Waals surface area contributed by atoms with Crippen LogP contribution in [0.1, 0.15) is 57.8 Å². The Hall–Kier alpha value is -0.0400. The smallest absolute Gasteiger partial charge is 0.000948 e. The van der Waals surface area contributed by atoms with Crippen molar-refractivity contribution in [2.24, 2.45) is 23.7 Å². The van der Waals surface area contributed by atoms with Crippen LogP contribution in [0.2, 0.25) is 0 Å². The molecule has 3 rings (SSSR count). The van der Waals surface area contributed by atoms with Crippen LogP contribution in [0.3, 0.4) is 0 Å². The summed E-state index contributed by atoms with van der Waals surface area (Å²) in [6.07, 6.45) is 13.7. The summed E-state index contributed by atoms with van der Waals surface area (Å²) in [6.45, 7) is 2.80. The molecule has 3 fully saturated rings. The molecule has 1 saturated heterocycles. The second-order valence-corrected chi connectivity index (χ2v) is 6.99. The van der Waals surface area contributed by atoms with E-state index < -0.39 is 0 Å². The van der Waals surface area contributed by atoms with E-state index in [0.717, 1.165) is 23.7 Å². The first kappa shape index (κ1) is 12.0. The molecule has 0 radical (unpaired) electrons. The molecule has 0 aromatic carbocycles. The Kier molecular flexibility index (Phi) is 3.75. The monoisotopic (exact) mass is 235 g/mol. The van der Waals surface area contributed by atoms with E-state index in [0.29, 0.717) is 0 Å². The van der Waals surface area contributed by atoms with Gasteiger partial charge in [0.2, 0.25) is 0 Å². The summed E-state index contributed by atoms with van der Waals surface area (Å²) >= 11 is 0. The van der Waals surface area contributed by atoms with Crippen molar-refractivity contribution in [1.29, 1.82) is 0 Å². The number of hydrogen-bond acceptors (Lipinski definition) is 1. The minimum atomic E-state index is 1.04. The van der Waals surface area contributed by atoms with Crippen molar-refractivity contribution in [2.45, 2.75) is 57.8 Å². The molecule has 0 N–H and O–H groups in total. The first-order valence-electron chi connectivity index (χ1n) is 8.03. The lowest BCUT2D eigenvalue weighted by molar-refractivity contribution is 0.132. The molecule has 0 bridgehead atoms. The lowest BCUT2D eigenvalue weighted by atomic mass is 9.68. The fourth-order valence-electron chi connectivity index (χ4n) is 5.11. The largest absolute Gasteiger partial charge is 0.306 e. The molecule has 0 spiro atoms. The average Bonchev–Trinajstić information content (AvgIpc) is 2.61. The Balaban J connectivity index is 1.81. The minimum Gasteiger partial charge on any atom is -0.306 e. The summed E-state index contributed by atoms with van der Waals surface area (Å²) in [7, 11) is 2.37. The Labute approximate surface area is 107 Å². The zero-order chi connectivity index (χ0) is 11.7. The third kappa shape index (κ3) is 2.54. The summed E-state index contributed by atoms with van der Waals surface area (Å²) < 4.78 is 0. The van der Waals surface area contributed by atoms with Gasteiger partial charge in [0.25, 0.3) is 0 Å². The van der Waals surface area contributed by atoms with Gasteiger partial charge in [-0.2, -0.15) is 0 Å². The maximum atomic E-state index is 2.67. The number of rotatable bonds is 0. The highest BCUT2D eigenvalue weighted by Gasteiger charge is 2.39. The third-order valence-electron chi connectivity index (χ3n) is 5.83. The molecule has 1 unspecified atom stereocenters. The van der Waals surface area contributed by atoms with Crippen LogP contribution in [0.4, 0.5) is 0 Å². The lowest BCUT2D eigenvalue weighted by Crippen LogP contribution is -2.31. The van der Waals surface area contributed by atoms with Crippen LogP contribution in [0.5, 0.6) is 0 Å². The van der Waals surface area contributed by atoms with Crippen LogP contribution >= 0.6 is 0 Å². The predicted molar refractivity (Wildman–Crippen MR) is 73.0 cm³/mol. The van der Waals surface area contributed by atoms with Gasteiger partial charge in [-0.3, -0.25) is 0 Å². The van der Waals surface area contributed by atoms with E-state index in [9.17, 15) is 0 Å². The molecule has 98 valence electrons. The van der Waals surface area contributed by atoms with E-state index in [4.69, 9.17) is 0 Å². The second kappa shape index (κ2) is 5.30. The van der Waals surface area contributed by atoms with Gasteiger partial charge in [-0.25, -0.2) is 0 Å². The Morgan fingerprint density at radius 2 is 1.12 bits per heavy atom. The molecule has 2 aliphatic carbocycles. The van der Waals surface area contributed by atoms with Gasteiger partial charge in [0.05, 0.1) is 0 Å². The van der Waals surface area contributed by atoms with Crippen molar-refractivity contribution < 1.29 is 0 Å². The van der Waals surface area contributed by atoms with E-state index in [1.807, 2.05) is 0 Å². The van der Waals surface area contributed by atoms with Crippen molar-refractivity contribution in [3.63, 3.8) is 0 Å². The maximum Gasteiger partial charge on any atom is 0.000948 e.